The first-order chi connectivity index (χ1) is 15.8. The zero-order chi connectivity index (χ0) is 26.8. The van der Waals surface area contributed by atoms with Crippen molar-refractivity contribution in [1.29, 1.82) is 0 Å². The number of esters is 2. The van der Waals surface area contributed by atoms with E-state index < -0.39 is 54.7 Å². The quantitative estimate of drug-likeness (QED) is 0.321. The smallest absolute Gasteiger partial charge is 0.303 e. The minimum Gasteiger partial charge on any atom is -0.545 e. The zero-order valence-electron chi connectivity index (χ0n) is 23.1. The van der Waals surface area contributed by atoms with Crippen LogP contribution in [-0.2, 0) is 28.2 Å². The summed E-state index contributed by atoms with van der Waals surface area (Å²) < 4.78 is 25.3. The third kappa shape index (κ3) is 4.29. The minimum absolute atomic E-state index is 0.327. The van der Waals surface area contributed by atoms with E-state index in [0.717, 1.165) is 12.8 Å². The molecule has 0 bridgehead atoms. The molecule has 1 N–H and O–H groups in total. The van der Waals surface area contributed by atoms with E-state index in [-0.39, 0.29) is 11.3 Å². The van der Waals surface area contributed by atoms with Gasteiger partial charge in [-0.3, -0.25) is 9.59 Å². The standard InChI is InChI=1S/C27H44O7Si/c1-12-24(6)16-19(33-35(9,10)11)27(30)25(7)15-13-14-23(4,5)21(25)20(31-17(2)28)22(32-18(3)29)26(27,8)34-24/h12,16,20-22,30H,1,13-15H2,2-11H3/t20-,21-,22-,24-,25-,26+,27-/m0/s1. The fourth-order valence-corrected chi connectivity index (χ4v) is 8.15. The van der Waals surface area contributed by atoms with Gasteiger partial charge in [0.2, 0.25) is 8.32 Å². The van der Waals surface area contributed by atoms with Gasteiger partial charge in [0.25, 0.3) is 0 Å². The van der Waals surface area contributed by atoms with Crippen molar-refractivity contribution < 1.29 is 33.3 Å². The van der Waals surface area contributed by atoms with Crippen molar-refractivity contribution in [2.24, 2.45) is 16.7 Å². The Morgan fingerprint density at radius 2 is 1.66 bits per heavy atom. The summed E-state index contributed by atoms with van der Waals surface area (Å²) in [5.41, 5.74) is -5.31. The van der Waals surface area contributed by atoms with Gasteiger partial charge in [0, 0.05) is 25.2 Å². The van der Waals surface area contributed by atoms with E-state index in [2.05, 4.69) is 40.1 Å². The second-order valence-corrected chi connectivity index (χ2v) is 17.3. The van der Waals surface area contributed by atoms with E-state index in [1.807, 2.05) is 19.9 Å². The maximum atomic E-state index is 13.1. The summed E-state index contributed by atoms with van der Waals surface area (Å²) in [6.45, 7) is 22.7. The molecule has 0 saturated heterocycles. The summed E-state index contributed by atoms with van der Waals surface area (Å²) in [6.07, 6.45) is 4.00. The van der Waals surface area contributed by atoms with Crippen LogP contribution in [-0.4, -0.2) is 54.4 Å². The fourth-order valence-electron chi connectivity index (χ4n) is 7.28. The summed E-state index contributed by atoms with van der Waals surface area (Å²) in [6, 6.07) is 0. The highest BCUT2D eigenvalue weighted by Gasteiger charge is 2.79. The molecule has 8 heteroatoms. The third-order valence-corrected chi connectivity index (χ3v) is 9.22. The summed E-state index contributed by atoms with van der Waals surface area (Å²) in [4.78, 5) is 24.8. The van der Waals surface area contributed by atoms with Crippen molar-refractivity contribution in [3.8, 4) is 0 Å². The van der Waals surface area contributed by atoms with Crippen LogP contribution in [0.2, 0.25) is 19.6 Å². The van der Waals surface area contributed by atoms with E-state index in [1.54, 1.807) is 13.0 Å². The van der Waals surface area contributed by atoms with E-state index in [9.17, 15) is 14.7 Å². The van der Waals surface area contributed by atoms with Gasteiger partial charge in [0.15, 0.2) is 11.7 Å². The molecule has 3 rings (SSSR count). The summed E-state index contributed by atoms with van der Waals surface area (Å²) in [5.74, 6) is -0.919. The summed E-state index contributed by atoms with van der Waals surface area (Å²) >= 11 is 0. The molecule has 0 aromatic heterocycles. The van der Waals surface area contributed by atoms with Gasteiger partial charge in [0.05, 0.1) is 0 Å². The number of ether oxygens (including phenoxy) is 3. The van der Waals surface area contributed by atoms with Crippen LogP contribution < -0.4 is 0 Å². The minimum atomic E-state index is -2.21. The highest BCUT2D eigenvalue weighted by atomic mass is 28.4. The van der Waals surface area contributed by atoms with Crippen LogP contribution in [0.1, 0.15) is 67.7 Å². The van der Waals surface area contributed by atoms with Crippen molar-refractivity contribution in [2.75, 3.05) is 0 Å². The highest BCUT2D eigenvalue weighted by Crippen LogP contribution is 2.68. The lowest BCUT2D eigenvalue weighted by Gasteiger charge is -2.70. The van der Waals surface area contributed by atoms with Gasteiger partial charge in [-0.05, 0) is 57.8 Å². The Hall–Kier alpha value is -1.64. The van der Waals surface area contributed by atoms with Crippen LogP contribution in [0.4, 0.5) is 0 Å². The highest BCUT2D eigenvalue weighted by molar-refractivity contribution is 6.70. The molecular formula is C27H44O7Si. The molecule has 198 valence electrons. The average Bonchev–Trinajstić information content (AvgIpc) is 2.66. The van der Waals surface area contributed by atoms with Gasteiger partial charge in [-0.15, -0.1) is 0 Å². The maximum absolute atomic E-state index is 13.1. The molecule has 35 heavy (non-hydrogen) atoms. The molecular weight excluding hydrogens is 464 g/mol. The molecule has 7 atom stereocenters. The number of fused-ring (bicyclic) bond motifs is 3. The van der Waals surface area contributed by atoms with Crippen LogP contribution >= 0.6 is 0 Å². The predicted octanol–water partition coefficient (Wildman–Crippen LogP) is 4.90. The van der Waals surface area contributed by atoms with Gasteiger partial charge in [-0.25, -0.2) is 0 Å². The molecule has 7 nitrogen and oxygen atoms in total. The SMILES string of the molecule is C=C[C@@]1(C)C=C(O[Si](C)(C)C)[C@]2(O)[C@@]3(C)CCCC(C)(C)[C@@H]3[C@H](OC(C)=O)[C@H](OC(C)=O)[C@@]2(C)O1. The second-order valence-electron chi connectivity index (χ2n) is 12.9. The molecule has 3 aliphatic rings. The predicted molar refractivity (Wildman–Crippen MR) is 136 cm³/mol. The van der Waals surface area contributed by atoms with Gasteiger partial charge >= 0.3 is 11.9 Å². The van der Waals surface area contributed by atoms with Crippen LogP contribution in [0.3, 0.4) is 0 Å². The molecule has 2 saturated carbocycles. The number of carbonyl (C=O) groups is 2. The Kier molecular flexibility index (Phi) is 6.75. The Bertz CT molecular complexity index is 936. The normalized spacial score (nSPS) is 42.6. The Morgan fingerprint density at radius 1 is 1.09 bits per heavy atom. The van der Waals surface area contributed by atoms with Crippen molar-refractivity contribution in [2.45, 2.75) is 116 Å². The Balaban J connectivity index is 2.43. The molecule has 2 aliphatic carbocycles. The largest absolute Gasteiger partial charge is 0.545 e. The molecule has 2 fully saturated rings. The molecule has 0 spiro atoms. The first-order valence-corrected chi connectivity index (χ1v) is 16.0. The first kappa shape index (κ1) is 27.9. The molecule has 1 heterocycles. The molecule has 1 aliphatic heterocycles. The Morgan fingerprint density at radius 3 is 2.14 bits per heavy atom. The topological polar surface area (TPSA) is 91.3 Å². The van der Waals surface area contributed by atoms with Gasteiger partial charge < -0.3 is 23.7 Å². The zero-order valence-corrected chi connectivity index (χ0v) is 24.1. The van der Waals surface area contributed by atoms with Crippen molar-refractivity contribution >= 4 is 20.3 Å². The second kappa shape index (κ2) is 8.45. The Labute approximate surface area is 211 Å². The van der Waals surface area contributed by atoms with E-state index in [1.165, 1.54) is 13.8 Å². The lowest BCUT2D eigenvalue weighted by atomic mass is 9.41. The van der Waals surface area contributed by atoms with Crippen molar-refractivity contribution in [3.05, 3.63) is 24.5 Å². The van der Waals surface area contributed by atoms with E-state index in [0.29, 0.717) is 12.2 Å². The van der Waals surface area contributed by atoms with Crippen LogP contribution in [0.5, 0.6) is 0 Å². The molecule has 0 radical (unpaired) electrons. The fraction of sp³-hybridized carbons (Fsp3) is 0.778. The number of hydrogen-bond acceptors (Lipinski definition) is 7. The lowest BCUT2D eigenvalue weighted by Crippen LogP contribution is -2.82. The van der Waals surface area contributed by atoms with E-state index in [4.69, 9.17) is 18.6 Å². The molecule has 0 aromatic carbocycles. The number of carbonyl (C=O) groups excluding carboxylic acids is 2. The van der Waals surface area contributed by atoms with Gasteiger partial charge in [0.1, 0.15) is 23.1 Å². The summed E-state index contributed by atoms with van der Waals surface area (Å²) in [7, 11) is -2.21. The van der Waals surface area contributed by atoms with Gasteiger partial charge in [-0.1, -0.05) is 39.8 Å². The maximum Gasteiger partial charge on any atom is 0.303 e. The van der Waals surface area contributed by atoms with E-state index >= 15 is 0 Å². The third-order valence-electron chi connectivity index (χ3n) is 8.38. The number of hydrogen-bond donors (Lipinski definition) is 1. The van der Waals surface area contributed by atoms with Crippen molar-refractivity contribution in [3.63, 3.8) is 0 Å². The van der Waals surface area contributed by atoms with Crippen molar-refractivity contribution in [1.82, 2.24) is 0 Å². The molecule has 0 amide bonds. The number of aliphatic hydroxyl groups is 1. The number of rotatable bonds is 5. The molecule has 0 aromatic rings. The van der Waals surface area contributed by atoms with Crippen LogP contribution in [0.15, 0.2) is 24.5 Å². The average molecular weight is 509 g/mol. The lowest BCUT2D eigenvalue weighted by molar-refractivity contribution is -0.357. The monoisotopic (exact) mass is 508 g/mol. The summed E-state index contributed by atoms with van der Waals surface area (Å²) in [5, 5.41) is 13.1. The van der Waals surface area contributed by atoms with Crippen LogP contribution in [0, 0.1) is 16.7 Å². The first-order valence-electron chi connectivity index (χ1n) is 12.6. The molecule has 0 unspecified atom stereocenters. The van der Waals surface area contributed by atoms with Gasteiger partial charge in [-0.2, -0.15) is 0 Å². The van der Waals surface area contributed by atoms with Crippen LogP contribution in [0.25, 0.3) is 0 Å².